The number of aromatic nitrogens is 1. The fraction of sp³-hybridized carbons (Fsp3) is 0.615. The molecule has 0 bridgehead atoms. The van der Waals surface area contributed by atoms with Crippen LogP contribution in [0.25, 0.3) is 0 Å². The maximum absolute atomic E-state index is 10.9. The second-order valence-corrected chi connectivity index (χ2v) is 4.30. The lowest BCUT2D eigenvalue weighted by Gasteiger charge is -2.15. The van der Waals surface area contributed by atoms with Gasteiger partial charge in [0, 0.05) is 12.2 Å². The first-order valence-electron chi connectivity index (χ1n) is 6.07. The van der Waals surface area contributed by atoms with Crippen LogP contribution in [0.4, 0.5) is 0 Å². The van der Waals surface area contributed by atoms with Gasteiger partial charge in [0.05, 0.1) is 0 Å². The maximum atomic E-state index is 10.9. The summed E-state index contributed by atoms with van der Waals surface area (Å²) in [5, 5.41) is 8.99. The van der Waals surface area contributed by atoms with Gasteiger partial charge in [-0.05, 0) is 25.5 Å². The summed E-state index contributed by atoms with van der Waals surface area (Å²) in [5.41, 5.74) is 0.392. The zero-order chi connectivity index (χ0) is 12.0. The van der Waals surface area contributed by atoms with E-state index in [2.05, 4.69) is 13.8 Å². The minimum Gasteiger partial charge on any atom is -0.477 e. The molecule has 90 valence electrons. The molecule has 0 radical (unpaired) electrons. The molecule has 3 nitrogen and oxygen atoms in total. The fourth-order valence-electron chi connectivity index (χ4n) is 1.96. The second kappa shape index (κ2) is 6.36. The molecular formula is C13H21NO2. The van der Waals surface area contributed by atoms with Gasteiger partial charge in [0.25, 0.3) is 0 Å². The molecule has 0 spiro atoms. The number of aromatic carboxylic acids is 1. The Balaban J connectivity index is 2.49. The lowest BCUT2D eigenvalue weighted by Crippen LogP contribution is -2.11. The first kappa shape index (κ1) is 12.8. The van der Waals surface area contributed by atoms with Gasteiger partial charge >= 0.3 is 5.97 Å². The third kappa shape index (κ3) is 3.40. The molecule has 1 N–H and O–H groups in total. The van der Waals surface area contributed by atoms with Crippen molar-refractivity contribution in [1.29, 1.82) is 0 Å². The summed E-state index contributed by atoms with van der Waals surface area (Å²) >= 11 is 0. The molecule has 1 heterocycles. The van der Waals surface area contributed by atoms with E-state index in [0.29, 0.717) is 5.69 Å². The van der Waals surface area contributed by atoms with Crippen molar-refractivity contribution in [2.24, 2.45) is 0 Å². The van der Waals surface area contributed by atoms with Gasteiger partial charge in [-0.3, -0.25) is 0 Å². The van der Waals surface area contributed by atoms with Crippen LogP contribution in [-0.2, 0) is 0 Å². The number of unbranched alkanes of at least 4 members (excludes halogenated alkanes) is 3. The smallest absolute Gasteiger partial charge is 0.352 e. The van der Waals surface area contributed by atoms with Gasteiger partial charge in [-0.15, -0.1) is 0 Å². The highest BCUT2D eigenvalue weighted by Crippen LogP contribution is 2.18. The van der Waals surface area contributed by atoms with Gasteiger partial charge in [-0.1, -0.05) is 32.6 Å². The predicted octanol–water partition coefficient (Wildman–Crippen LogP) is 3.72. The number of carboxylic acids is 1. The van der Waals surface area contributed by atoms with Crippen molar-refractivity contribution in [1.82, 2.24) is 4.57 Å². The predicted molar refractivity (Wildman–Crippen MR) is 64.9 cm³/mol. The quantitative estimate of drug-likeness (QED) is 0.716. The highest BCUT2D eigenvalue weighted by Gasteiger charge is 2.12. The van der Waals surface area contributed by atoms with Crippen LogP contribution in [0.1, 0.15) is 62.5 Å². The largest absolute Gasteiger partial charge is 0.477 e. The molecule has 3 heteroatoms. The Labute approximate surface area is 97.1 Å². The van der Waals surface area contributed by atoms with Crippen molar-refractivity contribution in [2.75, 3.05) is 0 Å². The summed E-state index contributed by atoms with van der Waals surface area (Å²) < 4.78 is 1.86. The summed E-state index contributed by atoms with van der Waals surface area (Å²) in [6.45, 7) is 4.27. The van der Waals surface area contributed by atoms with E-state index in [9.17, 15) is 4.79 Å². The highest BCUT2D eigenvalue weighted by atomic mass is 16.4. The van der Waals surface area contributed by atoms with E-state index < -0.39 is 5.97 Å². The van der Waals surface area contributed by atoms with Gasteiger partial charge in [0.1, 0.15) is 5.69 Å². The van der Waals surface area contributed by atoms with E-state index in [1.165, 1.54) is 25.7 Å². The van der Waals surface area contributed by atoms with Crippen molar-refractivity contribution in [3.63, 3.8) is 0 Å². The SMILES string of the molecule is CCCCCCC(C)n1cccc1C(=O)O. The molecule has 1 rings (SSSR count). The van der Waals surface area contributed by atoms with Crippen LogP contribution < -0.4 is 0 Å². The minimum absolute atomic E-state index is 0.276. The van der Waals surface area contributed by atoms with Crippen molar-refractivity contribution in [3.8, 4) is 0 Å². The first-order chi connectivity index (χ1) is 7.66. The Morgan fingerprint density at radius 2 is 2.19 bits per heavy atom. The number of hydrogen-bond acceptors (Lipinski definition) is 1. The van der Waals surface area contributed by atoms with Gasteiger partial charge < -0.3 is 9.67 Å². The van der Waals surface area contributed by atoms with E-state index in [1.807, 2.05) is 10.8 Å². The van der Waals surface area contributed by atoms with Gasteiger partial charge in [0.15, 0.2) is 0 Å². The summed E-state index contributed by atoms with van der Waals surface area (Å²) in [6, 6.07) is 3.73. The van der Waals surface area contributed by atoms with Crippen LogP contribution in [0, 0.1) is 0 Å². The molecule has 0 aliphatic heterocycles. The Morgan fingerprint density at radius 3 is 2.81 bits per heavy atom. The van der Waals surface area contributed by atoms with Crippen LogP contribution in [0.15, 0.2) is 18.3 Å². The van der Waals surface area contributed by atoms with E-state index in [0.717, 1.165) is 6.42 Å². The minimum atomic E-state index is -0.842. The lowest BCUT2D eigenvalue weighted by atomic mass is 10.1. The zero-order valence-electron chi connectivity index (χ0n) is 10.1. The molecule has 0 fully saturated rings. The van der Waals surface area contributed by atoms with Crippen LogP contribution in [0.3, 0.4) is 0 Å². The molecule has 0 amide bonds. The lowest BCUT2D eigenvalue weighted by molar-refractivity contribution is 0.0682. The number of carboxylic acid groups (broad SMARTS) is 1. The van der Waals surface area contributed by atoms with E-state index in [-0.39, 0.29) is 6.04 Å². The topological polar surface area (TPSA) is 42.2 Å². The number of carbonyl (C=O) groups is 1. The van der Waals surface area contributed by atoms with Crippen LogP contribution in [0.2, 0.25) is 0 Å². The molecule has 1 aromatic rings. The van der Waals surface area contributed by atoms with Crippen LogP contribution >= 0.6 is 0 Å². The number of rotatable bonds is 7. The van der Waals surface area contributed by atoms with E-state index in [1.54, 1.807) is 12.1 Å². The molecule has 0 aliphatic rings. The molecule has 0 saturated heterocycles. The molecule has 1 atom stereocenters. The monoisotopic (exact) mass is 223 g/mol. The summed E-state index contributed by atoms with van der Waals surface area (Å²) in [5.74, 6) is -0.842. The summed E-state index contributed by atoms with van der Waals surface area (Å²) in [7, 11) is 0. The Morgan fingerprint density at radius 1 is 1.44 bits per heavy atom. The number of hydrogen-bond donors (Lipinski definition) is 1. The van der Waals surface area contributed by atoms with Crippen LogP contribution in [0.5, 0.6) is 0 Å². The van der Waals surface area contributed by atoms with Crippen molar-refractivity contribution in [3.05, 3.63) is 24.0 Å². The van der Waals surface area contributed by atoms with Crippen molar-refractivity contribution in [2.45, 2.75) is 52.0 Å². The number of nitrogens with zero attached hydrogens (tertiary/aromatic N) is 1. The average Bonchev–Trinajstić information content (AvgIpc) is 2.73. The molecule has 0 aliphatic carbocycles. The van der Waals surface area contributed by atoms with E-state index in [4.69, 9.17) is 5.11 Å². The third-order valence-corrected chi connectivity index (χ3v) is 2.95. The van der Waals surface area contributed by atoms with Crippen molar-refractivity contribution < 1.29 is 9.90 Å². The standard InChI is InChI=1S/C13H21NO2/c1-3-4-5-6-8-11(2)14-10-7-9-12(14)13(15)16/h7,9-11H,3-6,8H2,1-2H3,(H,15,16). The molecular weight excluding hydrogens is 202 g/mol. The Bertz CT molecular complexity index is 330. The normalized spacial score (nSPS) is 12.6. The van der Waals surface area contributed by atoms with Crippen LogP contribution in [-0.4, -0.2) is 15.6 Å². The second-order valence-electron chi connectivity index (χ2n) is 4.30. The Hall–Kier alpha value is -1.25. The average molecular weight is 223 g/mol. The summed E-state index contributed by atoms with van der Waals surface area (Å²) in [4.78, 5) is 10.9. The zero-order valence-corrected chi connectivity index (χ0v) is 10.1. The van der Waals surface area contributed by atoms with Crippen molar-refractivity contribution >= 4 is 5.97 Å². The van der Waals surface area contributed by atoms with Gasteiger partial charge in [0.2, 0.25) is 0 Å². The third-order valence-electron chi connectivity index (χ3n) is 2.95. The van der Waals surface area contributed by atoms with E-state index >= 15 is 0 Å². The maximum Gasteiger partial charge on any atom is 0.352 e. The highest BCUT2D eigenvalue weighted by molar-refractivity contribution is 5.85. The summed E-state index contributed by atoms with van der Waals surface area (Å²) in [6.07, 6.45) is 7.82. The molecule has 1 aromatic heterocycles. The molecule has 0 aromatic carbocycles. The molecule has 16 heavy (non-hydrogen) atoms. The molecule has 0 saturated carbocycles. The van der Waals surface area contributed by atoms with Gasteiger partial charge in [-0.25, -0.2) is 4.79 Å². The first-order valence-corrected chi connectivity index (χ1v) is 6.07. The molecule has 1 unspecified atom stereocenters. The van der Waals surface area contributed by atoms with Gasteiger partial charge in [-0.2, -0.15) is 0 Å². The Kier molecular flexibility index (Phi) is 5.09. The fourth-order valence-corrected chi connectivity index (χ4v) is 1.96.